The predicted molar refractivity (Wildman–Crippen MR) is 130 cm³/mol. The smallest absolute Gasteiger partial charge is 0.151 e. The lowest BCUT2D eigenvalue weighted by atomic mass is 9.44. The van der Waals surface area contributed by atoms with E-state index in [4.69, 9.17) is 0 Å². The zero-order valence-corrected chi connectivity index (χ0v) is 21.5. The van der Waals surface area contributed by atoms with E-state index in [9.17, 15) is 15.0 Å². The summed E-state index contributed by atoms with van der Waals surface area (Å²) in [4.78, 5) is 13.6. The molecule has 0 radical (unpaired) electrons. The molecule has 0 amide bonds. The fourth-order valence-electron chi connectivity index (χ4n) is 9.65. The lowest BCUT2D eigenvalue weighted by Crippen LogP contribution is -2.54. The Bertz CT molecular complexity index is 671. The van der Waals surface area contributed by atoms with Crippen LogP contribution in [0.1, 0.15) is 112 Å². The highest BCUT2D eigenvalue weighted by Gasteiger charge is 2.62. The number of fused-ring (bicyclic) bond motifs is 5. The van der Waals surface area contributed by atoms with Crippen LogP contribution < -0.4 is 0 Å². The van der Waals surface area contributed by atoms with Gasteiger partial charge in [-0.05, 0) is 97.2 Å². The van der Waals surface area contributed by atoms with Crippen LogP contribution >= 0.6 is 0 Å². The monoisotopic (exact) mass is 446 g/mol. The number of hydrogen-bond acceptors (Lipinski definition) is 3. The summed E-state index contributed by atoms with van der Waals surface area (Å²) < 4.78 is 0. The van der Waals surface area contributed by atoms with Gasteiger partial charge in [0.25, 0.3) is 0 Å². The quantitative estimate of drug-likeness (QED) is 0.433. The third kappa shape index (κ3) is 4.23. The van der Waals surface area contributed by atoms with Gasteiger partial charge in [-0.25, -0.2) is 0 Å². The first-order chi connectivity index (χ1) is 15.1. The van der Waals surface area contributed by atoms with Gasteiger partial charge in [-0.2, -0.15) is 0 Å². The van der Waals surface area contributed by atoms with Crippen molar-refractivity contribution >= 4 is 5.78 Å². The predicted octanol–water partition coefficient (Wildman–Crippen LogP) is 6.60. The van der Waals surface area contributed by atoms with Crippen LogP contribution in [0.2, 0.25) is 0 Å². The Morgan fingerprint density at radius 3 is 2.38 bits per heavy atom. The van der Waals surface area contributed by atoms with Crippen LogP contribution in [-0.2, 0) is 4.79 Å². The average molecular weight is 447 g/mol. The van der Waals surface area contributed by atoms with Gasteiger partial charge >= 0.3 is 0 Å². The molecule has 0 heterocycles. The van der Waals surface area contributed by atoms with Crippen molar-refractivity contribution in [3.05, 3.63) is 0 Å². The summed E-state index contributed by atoms with van der Waals surface area (Å²) in [5, 5.41) is 19.0. The molecule has 0 spiro atoms. The lowest BCUT2D eigenvalue weighted by molar-refractivity contribution is -0.141. The molecule has 0 saturated heterocycles. The average Bonchev–Trinajstić information content (AvgIpc) is 3.00. The Hall–Kier alpha value is -0.410. The molecular formula is C29H50O3. The third-order valence-electron chi connectivity index (χ3n) is 11.5. The molecule has 3 nitrogen and oxygen atoms in total. The number of ketones is 1. The molecule has 4 aliphatic rings. The normalized spacial score (nSPS) is 43.7. The zero-order valence-electron chi connectivity index (χ0n) is 21.5. The van der Waals surface area contributed by atoms with Gasteiger partial charge in [0.15, 0.2) is 6.29 Å². The van der Waals surface area contributed by atoms with Crippen molar-refractivity contribution in [1.29, 1.82) is 0 Å². The molecule has 184 valence electrons. The Morgan fingerprint density at radius 1 is 0.938 bits per heavy atom. The number of rotatable bonds is 7. The summed E-state index contributed by atoms with van der Waals surface area (Å²) >= 11 is 0. The van der Waals surface area contributed by atoms with Crippen molar-refractivity contribution in [1.82, 2.24) is 0 Å². The van der Waals surface area contributed by atoms with Crippen LogP contribution in [0.4, 0.5) is 0 Å². The molecule has 0 bridgehead atoms. The Kier molecular flexibility index (Phi) is 7.20. The fourth-order valence-corrected chi connectivity index (χ4v) is 9.65. The van der Waals surface area contributed by atoms with E-state index < -0.39 is 6.29 Å². The third-order valence-corrected chi connectivity index (χ3v) is 11.5. The van der Waals surface area contributed by atoms with Gasteiger partial charge in [0.2, 0.25) is 0 Å². The topological polar surface area (TPSA) is 57.5 Å². The molecule has 2 N–H and O–H groups in total. The SMILES string of the molecule is CC(C)[C@@H](CC[C@@H](C)[C@H]1CC(=O)[C@H]2[C@@H]3CCC4CCCC[C@]4(C)[C@H]3CC[C@]12C)CC(O)O. The molecule has 4 rings (SSSR count). The number of hydrogen-bond donors (Lipinski definition) is 2. The second-order valence-corrected chi connectivity index (χ2v) is 13.4. The van der Waals surface area contributed by atoms with Gasteiger partial charge in [0, 0.05) is 18.8 Å². The molecule has 0 aromatic heterocycles. The first-order valence-corrected chi connectivity index (χ1v) is 14.0. The molecule has 0 aliphatic heterocycles. The summed E-state index contributed by atoms with van der Waals surface area (Å²) in [6, 6.07) is 0. The zero-order chi connectivity index (χ0) is 23.3. The maximum absolute atomic E-state index is 13.6. The first kappa shape index (κ1) is 24.7. The first-order valence-electron chi connectivity index (χ1n) is 14.0. The minimum absolute atomic E-state index is 0.180. The van der Waals surface area contributed by atoms with Gasteiger partial charge < -0.3 is 10.2 Å². The fraction of sp³-hybridized carbons (Fsp3) is 0.966. The van der Waals surface area contributed by atoms with Crippen LogP contribution in [0, 0.1) is 58.2 Å². The summed E-state index contributed by atoms with van der Waals surface area (Å²) in [5.41, 5.74) is 0.668. The van der Waals surface area contributed by atoms with Crippen LogP contribution in [0.25, 0.3) is 0 Å². The van der Waals surface area contributed by atoms with Crippen molar-refractivity contribution in [3.63, 3.8) is 0 Å². The van der Waals surface area contributed by atoms with E-state index in [0.717, 1.165) is 31.1 Å². The number of aliphatic hydroxyl groups excluding tert-OH is 1. The lowest BCUT2D eigenvalue weighted by Gasteiger charge is -2.60. The number of carbonyl (C=O) groups excluding carboxylic acids is 1. The second-order valence-electron chi connectivity index (χ2n) is 13.4. The molecule has 1 unspecified atom stereocenters. The number of aliphatic hydroxyl groups is 2. The molecule has 3 heteroatoms. The Labute approximate surface area is 197 Å². The maximum Gasteiger partial charge on any atom is 0.151 e. The van der Waals surface area contributed by atoms with E-state index in [1.54, 1.807) is 0 Å². The van der Waals surface area contributed by atoms with Crippen molar-refractivity contribution < 1.29 is 15.0 Å². The largest absolute Gasteiger partial charge is 0.368 e. The molecule has 0 aromatic carbocycles. The van der Waals surface area contributed by atoms with E-state index in [1.807, 2.05) is 0 Å². The van der Waals surface area contributed by atoms with Crippen molar-refractivity contribution in [3.8, 4) is 0 Å². The minimum Gasteiger partial charge on any atom is -0.368 e. The van der Waals surface area contributed by atoms with Crippen LogP contribution in [0.5, 0.6) is 0 Å². The van der Waals surface area contributed by atoms with Crippen molar-refractivity contribution in [2.75, 3.05) is 0 Å². The van der Waals surface area contributed by atoms with Crippen molar-refractivity contribution in [2.45, 2.75) is 118 Å². The van der Waals surface area contributed by atoms with Crippen LogP contribution in [0.3, 0.4) is 0 Å². The molecular weight excluding hydrogens is 396 g/mol. The standard InChI is InChI=1S/C29H50O3/c1-18(2)20(16-26(31)32)10-9-19(3)24-17-25(30)27-22-12-11-21-8-6-7-14-28(21,4)23(22)13-15-29(24,27)5/h18-24,26-27,31-32H,6-17H2,1-5H3/t19-,20+,21?,22-,23+,24-,27-,28+,29-/m1/s1. The van der Waals surface area contributed by atoms with E-state index in [-0.39, 0.29) is 5.41 Å². The van der Waals surface area contributed by atoms with E-state index >= 15 is 0 Å². The summed E-state index contributed by atoms with van der Waals surface area (Å²) in [7, 11) is 0. The highest BCUT2D eigenvalue weighted by molar-refractivity contribution is 5.85. The maximum atomic E-state index is 13.6. The van der Waals surface area contributed by atoms with E-state index in [1.165, 1.54) is 51.4 Å². The van der Waals surface area contributed by atoms with E-state index in [2.05, 4.69) is 34.6 Å². The van der Waals surface area contributed by atoms with Gasteiger partial charge in [0.1, 0.15) is 5.78 Å². The Balaban J connectivity index is 1.47. The molecule has 0 aromatic rings. The highest BCUT2D eigenvalue weighted by Crippen LogP contribution is 2.67. The number of carbonyl (C=O) groups is 1. The Morgan fingerprint density at radius 2 is 1.69 bits per heavy atom. The van der Waals surface area contributed by atoms with Crippen molar-refractivity contribution in [2.24, 2.45) is 58.2 Å². The minimum atomic E-state index is -1.21. The summed E-state index contributed by atoms with van der Waals surface area (Å²) in [6.45, 7) is 11.8. The number of Topliss-reactive ketones (excluding diaryl/α,β-unsaturated/α-hetero) is 1. The molecule has 9 atom stereocenters. The molecule has 4 saturated carbocycles. The van der Waals surface area contributed by atoms with Gasteiger partial charge in [0.05, 0.1) is 0 Å². The van der Waals surface area contributed by atoms with Gasteiger partial charge in [-0.1, -0.05) is 53.9 Å². The van der Waals surface area contributed by atoms with Crippen LogP contribution in [0.15, 0.2) is 0 Å². The summed E-state index contributed by atoms with van der Waals surface area (Å²) in [5.74, 6) is 5.03. The van der Waals surface area contributed by atoms with Crippen LogP contribution in [-0.4, -0.2) is 22.3 Å². The van der Waals surface area contributed by atoms with Gasteiger partial charge in [-0.15, -0.1) is 0 Å². The second kappa shape index (κ2) is 9.33. The highest BCUT2D eigenvalue weighted by atomic mass is 16.5. The van der Waals surface area contributed by atoms with Gasteiger partial charge in [-0.3, -0.25) is 4.79 Å². The molecule has 32 heavy (non-hydrogen) atoms. The molecule has 4 fully saturated rings. The van der Waals surface area contributed by atoms with E-state index in [0.29, 0.717) is 53.1 Å². The summed E-state index contributed by atoms with van der Waals surface area (Å²) in [6.07, 6.45) is 13.1. The molecule has 4 aliphatic carbocycles.